The van der Waals surface area contributed by atoms with Gasteiger partial charge in [0.25, 0.3) is 0 Å². The minimum absolute atomic E-state index is 0.112. The molecule has 0 aromatic heterocycles. The maximum absolute atomic E-state index is 11.9. The molecule has 3 nitrogen and oxygen atoms in total. The summed E-state index contributed by atoms with van der Waals surface area (Å²) in [6, 6.07) is 7.56. The largest absolute Gasteiger partial charge is 0.338 e. The Balaban J connectivity index is 1.91. The maximum atomic E-state index is 11.9. The first-order chi connectivity index (χ1) is 9.04. The van der Waals surface area contributed by atoms with Crippen LogP contribution in [0.5, 0.6) is 0 Å². The van der Waals surface area contributed by atoms with Crippen molar-refractivity contribution in [2.24, 2.45) is 5.92 Å². The molecule has 1 aliphatic heterocycles. The van der Waals surface area contributed by atoms with Crippen LogP contribution in [0.15, 0.2) is 24.3 Å². The molecule has 5 heteroatoms. The number of rotatable bonds is 4. The highest BCUT2D eigenvalue weighted by Crippen LogP contribution is 2.24. The van der Waals surface area contributed by atoms with Crippen molar-refractivity contribution in [1.82, 2.24) is 4.90 Å². The van der Waals surface area contributed by atoms with E-state index in [1.807, 2.05) is 29.2 Å². The van der Waals surface area contributed by atoms with Gasteiger partial charge in [-0.15, -0.1) is 0 Å². The van der Waals surface area contributed by atoms with Crippen LogP contribution in [0.3, 0.4) is 0 Å². The van der Waals surface area contributed by atoms with Gasteiger partial charge in [0.1, 0.15) is 0 Å². The van der Waals surface area contributed by atoms with E-state index >= 15 is 0 Å². The maximum Gasteiger partial charge on any atom is 0.223 e. The summed E-state index contributed by atoms with van der Waals surface area (Å²) in [5.74, 6) is 1.17. The van der Waals surface area contributed by atoms with E-state index in [9.17, 15) is 9.59 Å². The molecular weight excluding hydrogens is 282 g/mol. The van der Waals surface area contributed by atoms with Crippen LogP contribution in [0, 0.1) is 5.92 Å². The highest BCUT2D eigenvalue weighted by Gasteiger charge is 2.29. The SMILES string of the molecule is CC(=O)SCC1CC(=O)N(Cc2cccc(Cl)c2)C1. The molecule has 0 radical (unpaired) electrons. The number of carbonyl (C=O) groups is 2. The van der Waals surface area contributed by atoms with Crippen molar-refractivity contribution in [3.8, 4) is 0 Å². The lowest BCUT2D eigenvalue weighted by Crippen LogP contribution is -2.24. The van der Waals surface area contributed by atoms with Crippen molar-refractivity contribution < 1.29 is 9.59 Å². The average Bonchev–Trinajstić information content (AvgIpc) is 2.68. The van der Waals surface area contributed by atoms with Crippen molar-refractivity contribution in [2.45, 2.75) is 19.9 Å². The van der Waals surface area contributed by atoms with Crippen LogP contribution in [0.2, 0.25) is 5.02 Å². The first kappa shape index (κ1) is 14.4. The highest BCUT2D eigenvalue weighted by molar-refractivity contribution is 8.13. The molecule has 0 N–H and O–H groups in total. The van der Waals surface area contributed by atoms with Gasteiger partial charge in [0.15, 0.2) is 5.12 Å². The third-order valence-corrected chi connectivity index (χ3v) is 4.36. The Bertz CT molecular complexity index is 492. The minimum atomic E-state index is 0.112. The number of hydrogen-bond donors (Lipinski definition) is 0. The molecule has 19 heavy (non-hydrogen) atoms. The second-order valence-corrected chi connectivity index (χ2v) is 6.41. The summed E-state index contributed by atoms with van der Waals surface area (Å²) in [5, 5.41) is 0.800. The fraction of sp³-hybridized carbons (Fsp3) is 0.429. The van der Waals surface area contributed by atoms with Crippen LogP contribution < -0.4 is 0 Å². The first-order valence-corrected chi connectivity index (χ1v) is 7.56. The van der Waals surface area contributed by atoms with Crippen molar-refractivity contribution in [2.75, 3.05) is 12.3 Å². The number of nitrogens with zero attached hydrogens (tertiary/aromatic N) is 1. The lowest BCUT2D eigenvalue weighted by atomic mass is 10.1. The Morgan fingerprint density at radius 2 is 2.32 bits per heavy atom. The Hall–Kier alpha value is -1.00. The summed E-state index contributed by atoms with van der Waals surface area (Å²) in [6.07, 6.45) is 0.543. The van der Waals surface area contributed by atoms with Gasteiger partial charge < -0.3 is 4.90 Å². The molecule has 1 aromatic carbocycles. The van der Waals surface area contributed by atoms with E-state index in [1.165, 1.54) is 11.8 Å². The molecule has 1 fully saturated rings. The summed E-state index contributed by atoms with van der Waals surface area (Å²) in [5.41, 5.74) is 1.04. The van der Waals surface area contributed by atoms with Gasteiger partial charge in [0, 0.05) is 37.2 Å². The lowest BCUT2D eigenvalue weighted by molar-refractivity contribution is -0.128. The van der Waals surface area contributed by atoms with Crippen LogP contribution in [0.1, 0.15) is 18.9 Å². The van der Waals surface area contributed by atoms with Crippen molar-refractivity contribution in [3.05, 3.63) is 34.9 Å². The van der Waals surface area contributed by atoms with Gasteiger partial charge in [-0.3, -0.25) is 9.59 Å². The third-order valence-electron chi connectivity index (χ3n) is 3.08. The van der Waals surface area contributed by atoms with E-state index in [0.29, 0.717) is 18.0 Å². The second kappa shape index (κ2) is 6.44. The topological polar surface area (TPSA) is 37.4 Å². The molecule has 1 aromatic rings. The zero-order valence-electron chi connectivity index (χ0n) is 10.8. The molecule has 0 spiro atoms. The fourth-order valence-corrected chi connectivity index (χ4v) is 3.12. The van der Waals surface area contributed by atoms with Crippen LogP contribution in [-0.4, -0.2) is 28.2 Å². The number of carbonyl (C=O) groups excluding carboxylic acids is 2. The Labute approximate surface area is 122 Å². The lowest BCUT2D eigenvalue weighted by Gasteiger charge is -2.16. The Morgan fingerprint density at radius 3 is 3.00 bits per heavy atom. The van der Waals surface area contributed by atoms with Crippen LogP contribution in [0.25, 0.3) is 0 Å². The molecule has 1 unspecified atom stereocenters. The molecule has 102 valence electrons. The van der Waals surface area contributed by atoms with E-state index in [1.54, 1.807) is 6.92 Å². The zero-order chi connectivity index (χ0) is 13.8. The molecule has 1 amide bonds. The molecule has 1 heterocycles. The molecule has 1 atom stereocenters. The number of thioether (sulfide) groups is 1. The highest BCUT2D eigenvalue weighted by atomic mass is 35.5. The molecule has 0 aliphatic carbocycles. The number of benzene rings is 1. The third kappa shape index (κ3) is 4.25. The van der Waals surface area contributed by atoms with E-state index in [4.69, 9.17) is 11.6 Å². The number of amides is 1. The van der Waals surface area contributed by atoms with Gasteiger partial charge in [0.2, 0.25) is 5.91 Å². The molecule has 0 bridgehead atoms. The predicted octanol–water partition coefficient (Wildman–Crippen LogP) is 2.97. The smallest absolute Gasteiger partial charge is 0.223 e. The average molecular weight is 298 g/mol. The summed E-state index contributed by atoms with van der Waals surface area (Å²) < 4.78 is 0. The van der Waals surface area contributed by atoms with E-state index in [-0.39, 0.29) is 16.9 Å². The van der Waals surface area contributed by atoms with Crippen molar-refractivity contribution in [3.63, 3.8) is 0 Å². The van der Waals surface area contributed by atoms with Crippen LogP contribution in [-0.2, 0) is 16.1 Å². The van der Waals surface area contributed by atoms with Gasteiger partial charge in [-0.25, -0.2) is 0 Å². The van der Waals surface area contributed by atoms with E-state index in [2.05, 4.69) is 0 Å². The number of likely N-dealkylation sites (tertiary alicyclic amines) is 1. The fourth-order valence-electron chi connectivity index (χ4n) is 2.21. The Morgan fingerprint density at radius 1 is 1.53 bits per heavy atom. The second-order valence-electron chi connectivity index (χ2n) is 4.78. The first-order valence-electron chi connectivity index (χ1n) is 6.20. The Kier molecular flexibility index (Phi) is 4.88. The van der Waals surface area contributed by atoms with Crippen LogP contribution >= 0.6 is 23.4 Å². The van der Waals surface area contributed by atoms with E-state index < -0.39 is 0 Å². The normalized spacial score (nSPS) is 18.9. The standard InChI is InChI=1S/C14H16ClNO2S/c1-10(17)19-9-12-6-14(18)16(8-12)7-11-3-2-4-13(15)5-11/h2-5,12H,6-9H2,1H3. The van der Waals surface area contributed by atoms with Gasteiger partial charge in [0.05, 0.1) is 0 Å². The van der Waals surface area contributed by atoms with E-state index in [0.717, 1.165) is 17.9 Å². The quantitative estimate of drug-likeness (QED) is 0.857. The minimum Gasteiger partial charge on any atom is -0.338 e. The molecule has 1 saturated heterocycles. The molecule has 0 saturated carbocycles. The van der Waals surface area contributed by atoms with Gasteiger partial charge in [-0.1, -0.05) is 35.5 Å². The summed E-state index contributed by atoms with van der Waals surface area (Å²) in [6.45, 7) is 2.89. The molecule has 2 rings (SSSR count). The molecule has 1 aliphatic rings. The van der Waals surface area contributed by atoms with Gasteiger partial charge >= 0.3 is 0 Å². The summed E-state index contributed by atoms with van der Waals surface area (Å²) in [4.78, 5) is 24.7. The molecular formula is C14H16ClNO2S. The number of hydrogen-bond acceptors (Lipinski definition) is 3. The predicted molar refractivity (Wildman–Crippen MR) is 78.1 cm³/mol. The summed E-state index contributed by atoms with van der Waals surface area (Å²) >= 11 is 7.24. The van der Waals surface area contributed by atoms with Crippen molar-refractivity contribution >= 4 is 34.4 Å². The zero-order valence-corrected chi connectivity index (χ0v) is 12.3. The van der Waals surface area contributed by atoms with Crippen LogP contribution in [0.4, 0.5) is 0 Å². The van der Waals surface area contributed by atoms with Crippen molar-refractivity contribution in [1.29, 1.82) is 0 Å². The monoisotopic (exact) mass is 297 g/mol. The summed E-state index contributed by atoms with van der Waals surface area (Å²) in [7, 11) is 0. The van der Waals surface area contributed by atoms with Gasteiger partial charge in [-0.05, 0) is 23.6 Å². The van der Waals surface area contributed by atoms with Gasteiger partial charge in [-0.2, -0.15) is 0 Å². The number of halogens is 1.